The maximum absolute atomic E-state index is 5.75. The van der Waals surface area contributed by atoms with Gasteiger partial charge in [0.05, 0.1) is 25.7 Å². The molecular formula is C24H30O7. The first kappa shape index (κ1) is 24.0. The molecule has 0 unspecified atom stereocenters. The van der Waals surface area contributed by atoms with Crippen molar-refractivity contribution in [2.75, 3.05) is 52.9 Å². The molecule has 7 nitrogen and oxygen atoms in total. The summed E-state index contributed by atoms with van der Waals surface area (Å²) in [6.45, 7) is 10.3. The topological polar surface area (TPSA) is 64.6 Å². The Kier molecular flexibility index (Phi) is 12.0. The number of ether oxygens (including phenoxy) is 7. The zero-order valence-corrected chi connectivity index (χ0v) is 17.7. The Morgan fingerprint density at radius 3 is 1.13 bits per heavy atom. The fourth-order valence-corrected chi connectivity index (χ4v) is 2.47. The Hall–Kier alpha value is -3.32. The van der Waals surface area contributed by atoms with Crippen LogP contribution in [0.2, 0.25) is 0 Å². The summed E-state index contributed by atoms with van der Waals surface area (Å²) in [5.74, 6) is 2.64. The summed E-state index contributed by atoms with van der Waals surface area (Å²) in [5.41, 5.74) is 0. The lowest BCUT2D eigenvalue weighted by molar-refractivity contribution is 0.0740. The fraction of sp³-hybridized carbons (Fsp3) is 0.333. The molecule has 0 radical (unpaired) electrons. The van der Waals surface area contributed by atoms with Crippen molar-refractivity contribution in [1.82, 2.24) is 0 Å². The molecule has 0 amide bonds. The normalized spacial score (nSPS) is 10.1. The van der Waals surface area contributed by atoms with Gasteiger partial charge in [-0.2, -0.15) is 0 Å². The van der Waals surface area contributed by atoms with E-state index in [1.807, 2.05) is 48.5 Å². The molecule has 7 heteroatoms. The van der Waals surface area contributed by atoms with Gasteiger partial charge in [-0.05, 0) is 24.3 Å². The molecule has 2 rings (SSSR count). The van der Waals surface area contributed by atoms with Crippen LogP contribution in [0.4, 0.5) is 0 Å². The van der Waals surface area contributed by atoms with Crippen LogP contribution >= 0.6 is 0 Å². The van der Waals surface area contributed by atoms with Crippen molar-refractivity contribution in [2.24, 2.45) is 0 Å². The number of hydrogen-bond donors (Lipinski definition) is 0. The molecule has 0 aromatic heterocycles. The standard InChI is InChI=1S/C24H30O7/c1-3-25-13-17-28-21-9-5-7-11-23(21)30-19-15-27-16-20-31-24-12-8-6-10-22(24)29-18-14-26-4-2/h3-12H,1-2,13-20H2. The summed E-state index contributed by atoms with van der Waals surface area (Å²) >= 11 is 0. The second-order valence-electron chi connectivity index (χ2n) is 5.97. The first-order chi connectivity index (χ1) is 15.3. The van der Waals surface area contributed by atoms with Crippen molar-refractivity contribution in [3.63, 3.8) is 0 Å². The van der Waals surface area contributed by atoms with Gasteiger partial charge in [-0.3, -0.25) is 0 Å². The highest BCUT2D eigenvalue weighted by Crippen LogP contribution is 2.27. The third-order valence-corrected chi connectivity index (χ3v) is 3.82. The predicted molar refractivity (Wildman–Crippen MR) is 118 cm³/mol. The Balaban J connectivity index is 1.62. The predicted octanol–water partition coefficient (Wildman–Crippen LogP) is 4.24. The van der Waals surface area contributed by atoms with Crippen molar-refractivity contribution < 1.29 is 33.2 Å². The molecular weight excluding hydrogens is 400 g/mol. The first-order valence-corrected chi connectivity index (χ1v) is 10.1. The van der Waals surface area contributed by atoms with Gasteiger partial charge in [-0.15, -0.1) is 0 Å². The summed E-state index contributed by atoms with van der Waals surface area (Å²) in [6.07, 6.45) is 2.77. The zero-order chi connectivity index (χ0) is 22.0. The second-order valence-corrected chi connectivity index (χ2v) is 5.97. The van der Waals surface area contributed by atoms with E-state index in [-0.39, 0.29) is 0 Å². The van der Waals surface area contributed by atoms with Crippen LogP contribution in [0, 0.1) is 0 Å². The molecule has 168 valence electrons. The number of para-hydroxylation sites is 4. The molecule has 2 aromatic carbocycles. The van der Waals surface area contributed by atoms with Crippen LogP contribution in [0.5, 0.6) is 23.0 Å². The van der Waals surface area contributed by atoms with Crippen LogP contribution in [0.25, 0.3) is 0 Å². The maximum Gasteiger partial charge on any atom is 0.161 e. The number of rotatable bonds is 18. The highest BCUT2D eigenvalue weighted by molar-refractivity contribution is 5.40. The van der Waals surface area contributed by atoms with Gasteiger partial charge in [0.15, 0.2) is 23.0 Å². The SMILES string of the molecule is C=COCCOc1ccccc1OCCOCCOc1ccccc1OCCOC=C. The van der Waals surface area contributed by atoms with E-state index in [9.17, 15) is 0 Å². The molecule has 0 aliphatic rings. The summed E-state index contributed by atoms with van der Waals surface area (Å²) < 4.78 is 38.5. The molecule has 0 aliphatic heterocycles. The summed E-state index contributed by atoms with van der Waals surface area (Å²) in [4.78, 5) is 0. The largest absolute Gasteiger partial charge is 0.498 e. The van der Waals surface area contributed by atoms with Crippen LogP contribution in [0.3, 0.4) is 0 Å². The smallest absolute Gasteiger partial charge is 0.161 e. The molecule has 0 bridgehead atoms. The van der Waals surface area contributed by atoms with Crippen LogP contribution in [-0.2, 0) is 14.2 Å². The van der Waals surface area contributed by atoms with Gasteiger partial charge in [0.25, 0.3) is 0 Å². The summed E-state index contributed by atoms with van der Waals surface area (Å²) in [7, 11) is 0. The highest BCUT2D eigenvalue weighted by Gasteiger charge is 2.05. The van der Waals surface area contributed by atoms with Crippen molar-refractivity contribution in [3.05, 3.63) is 74.2 Å². The van der Waals surface area contributed by atoms with Gasteiger partial charge in [-0.25, -0.2) is 0 Å². The van der Waals surface area contributed by atoms with Gasteiger partial charge in [0.2, 0.25) is 0 Å². The Bertz CT molecular complexity index is 700. The lowest BCUT2D eigenvalue weighted by Gasteiger charge is -2.14. The highest BCUT2D eigenvalue weighted by atomic mass is 16.6. The summed E-state index contributed by atoms with van der Waals surface area (Å²) in [5, 5.41) is 0. The zero-order valence-electron chi connectivity index (χ0n) is 17.7. The quantitative estimate of drug-likeness (QED) is 0.259. The van der Waals surface area contributed by atoms with E-state index in [1.165, 1.54) is 12.5 Å². The third-order valence-electron chi connectivity index (χ3n) is 3.82. The summed E-state index contributed by atoms with van der Waals surface area (Å²) in [6, 6.07) is 15.0. The minimum absolute atomic E-state index is 0.395. The van der Waals surface area contributed by atoms with E-state index in [0.717, 1.165) is 0 Å². The molecule has 0 fully saturated rings. The van der Waals surface area contributed by atoms with E-state index in [4.69, 9.17) is 33.2 Å². The second kappa shape index (κ2) is 15.5. The number of benzene rings is 2. The molecule has 31 heavy (non-hydrogen) atoms. The molecule has 0 saturated heterocycles. The van der Waals surface area contributed by atoms with E-state index in [2.05, 4.69) is 13.2 Å². The van der Waals surface area contributed by atoms with Crippen molar-refractivity contribution in [2.45, 2.75) is 0 Å². The molecule has 0 spiro atoms. The van der Waals surface area contributed by atoms with Crippen LogP contribution in [-0.4, -0.2) is 52.9 Å². The van der Waals surface area contributed by atoms with Gasteiger partial charge in [-0.1, -0.05) is 37.4 Å². The van der Waals surface area contributed by atoms with Crippen LogP contribution in [0.15, 0.2) is 74.2 Å². The van der Waals surface area contributed by atoms with Crippen LogP contribution < -0.4 is 18.9 Å². The minimum Gasteiger partial charge on any atom is -0.498 e. The molecule has 0 saturated carbocycles. The third kappa shape index (κ3) is 9.82. The molecule has 2 aromatic rings. The van der Waals surface area contributed by atoms with Crippen LogP contribution in [0.1, 0.15) is 0 Å². The van der Waals surface area contributed by atoms with Gasteiger partial charge >= 0.3 is 0 Å². The van der Waals surface area contributed by atoms with E-state index < -0.39 is 0 Å². The average Bonchev–Trinajstić information content (AvgIpc) is 2.80. The Morgan fingerprint density at radius 2 is 0.806 bits per heavy atom. The maximum atomic E-state index is 5.75. The van der Waals surface area contributed by atoms with Crippen molar-refractivity contribution in [3.8, 4) is 23.0 Å². The lowest BCUT2D eigenvalue weighted by atomic mass is 10.3. The minimum atomic E-state index is 0.395. The van der Waals surface area contributed by atoms with E-state index >= 15 is 0 Å². The van der Waals surface area contributed by atoms with Gasteiger partial charge in [0, 0.05) is 0 Å². The Morgan fingerprint density at radius 1 is 0.484 bits per heavy atom. The molecule has 0 heterocycles. The van der Waals surface area contributed by atoms with E-state index in [0.29, 0.717) is 75.9 Å². The first-order valence-electron chi connectivity index (χ1n) is 10.1. The number of hydrogen-bond acceptors (Lipinski definition) is 7. The fourth-order valence-electron chi connectivity index (χ4n) is 2.47. The Labute approximate surface area is 183 Å². The monoisotopic (exact) mass is 430 g/mol. The van der Waals surface area contributed by atoms with Crippen molar-refractivity contribution >= 4 is 0 Å². The molecule has 0 aliphatic carbocycles. The lowest BCUT2D eigenvalue weighted by Crippen LogP contribution is -2.13. The van der Waals surface area contributed by atoms with Gasteiger partial charge in [0.1, 0.15) is 39.6 Å². The van der Waals surface area contributed by atoms with E-state index in [1.54, 1.807) is 0 Å². The molecule has 0 N–H and O–H groups in total. The van der Waals surface area contributed by atoms with Gasteiger partial charge < -0.3 is 33.2 Å². The van der Waals surface area contributed by atoms with Crippen molar-refractivity contribution in [1.29, 1.82) is 0 Å². The average molecular weight is 430 g/mol. The molecule has 0 atom stereocenters.